The van der Waals surface area contributed by atoms with Gasteiger partial charge in [0.1, 0.15) is 6.04 Å². The maximum absolute atomic E-state index is 12.4. The van der Waals surface area contributed by atoms with E-state index in [9.17, 15) is 18.0 Å². The lowest BCUT2D eigenvalue weighted by molar-refractivity contribution is -0.136. The van der Waals surface area contributed by atoms with Gasteiger partial charge < -0.3 is 4.74 Å². The highest BCUT2D eigenvalue weighted by Gasteiger charge is 2.42. The molecule has 102 valence electrons. The number of hydrogen-bond donors (Lipinski definition) is 1. The fraction of sp³-hybridized carbons (Fsp3) is 0.800. The number of rotatable bonds is 2. The zero-order chi connectivity index (χ0) is 13.3. The average molecular weight is 276 g/mol. The van der Waals surface area contributed by atoms with Gasteiger partial charge in [0, 0.05) is 13.2 Å². The van der Waals surface area contributed by atoms with Crippen molar-refractivity contribution in [2.75, 3.05) is 19.8 Å². The quantitative estimate of drug-likeness (QED) is 0.642. The molecule has 2 fully saturated rings. The number of amides is 2. The van der Waals surface area contributed by atoms with Crippen molar-refractivity contribution in [3.05, 3.63) is 0 Å². The minimum atomic E-state index is -3.63. The van der Waals surface area contributed by atoms with Crippen LogP contribution < -0.4 is 5.32 Å². The summed E-state index contributed by atoms with van der Waals surface area (Å²) in [6.45, 7) is 1.99. The molecule has 2 saturated heterocycles. The van der Waals surface area contributed by atoms with E-state index in [-0.39, 0.29) is 6.54 Å². The van der Waals surface area contributed by atoms with Crippen molar-refractivity contribution in [1.82, 2.24) is 9.62 Å². The fourth-order valence-electron chi connectivity index (χ4n) is 2.17. The molecule has 1 N–H and O–H groups in total. The van der Waals surface area contributed by atoms with Crippen molar-refractivity contribution in [3.8, 4) is 0 Å². The molecule has 0 aliphatic carbocycles. The van der Waals surface area contributed by atoms with Crippen LogP contribution in [0.25, 0.3) is 0 Å². The zero-order valence-electron chi connectivity index (χ0n) is 10.1. The summed E-state index contributed by atoms with van der Waals surface area (Å²) < 4.78 is 30.9. The van der Waals surface area contributed by atoms with Gasteiger partial charge in [-0.15, -0.1) is 0 Å². The molecule has 2 rings (SSSR count). The van der Waals surface area contributed by atoms with Crippen LogP contribution in [-0.4, -0.2) is 55.6 Å². The highest BCUT2D eigenvalue weighted by molar-refractivity contribution is 7.89. The summed E-state index contributed by atoms with van der Waals surface area (Å²) in [7, 11) is -3.63. The third-order valence-electron chi connectivity index (χ3n) is 3.29. The minimum Gasteiger partial charge on any atom is -0.381 e. The number of ether oxygens (including phenoxy) is 1. The van der Waals surface area contributed by atoms with Crippen LogP contribution in [0.4, 0.5) is 0 Å². The van der Waals surface area contributed by atoms with Gasteiger partial charge in [0.25, 0.3) is 0 Å². The van der Waals surface area contributed by atoms with Crippen molar-refractivity contribution >= 4 is 21.8 Å². The van der Waals surface area contributed by atoms with Gasteiger partial charge in [-0.1, -0.05) is 0 Å². The van der Waals surface area contributed by atoms with E-state index in [0.29, 0.717) is 26.1 Å². The molecular formula is C10H16N2O5S. The van der Waals surface area contributed by atoms with Crippen LogP contribution in [0.5, 0.6) is 0 Å². The third kappa shape index (κ3) is 2.40. The summed E-state index contributed by atoms with van der Waals surface area (Å²) >= 11 is 0. The topological polar surface area (TPSA) is 92.8 Å². The summed E-state index contributed by atoms with van der Waals surface area (Å²) in [6, 6.07) is -0.837. The lowest BCUT2D eigenvalue weighted by Crippen LogP contribution is -2.60. The highest BCUT2D eigenvalue weighted by atomic mass is 32.2. The van der Waals surface area contributed by atoms with Crippen molar-refractivity contribution in [1.29, 1.82) is 0 Å². The van der Waals surface area contributed by atoms with Crippen LogP contribution in [0.2, 0.25) is 0 Å². The number of sulfonamides is 1. The van der Waals surface area contributed by atoms with Crippen LogP contribution in [-0.2, 0) is 24.3 Å². The molecule has 0 saturated carbocycles. The zero-order valence-corrected chi connectivity index (χ0v) is 10.9. The molecule has 7 nitrogen and oxygen atoms in total. The Balaban J connectivity index is 2.22. The highest BCUT2D eigenvalue weighted by Crippen LogP contribution is 2.22. The standard InChI is InChI=1S/C10H16N2O5S/c1-7-10(14)11-9(13)6-12(7)18(15,16)8-2-4-17-5-3-8/h7-8H,2-6H2,1H3,(H,11,13,14). The number of carbonyl (C=O) groups excluding carboxylic acids is 2. The van der Waals surface area contributed by atoms with E-state index in [0.717, 1.165) is 4.31 Å². The Morgan fingerprint density at radius 3 is 2.50 bits per heavy atom. The maximum Gasteiger partial charge on any atom is 0.244 e. The number of hydrogen-bond acceptors (Lipinski definition) is 5. The Bertz CT molecular complexity index is 455. The summed E-state index contributed by atoms with van der Waals surface area (Å²) in [5.74, 6) is -1.14. The smallest absolute Gasteiger partial charge is 0.244 e. The van der Waals surface area contributed by atoms with Gasteiger partial charge in [-0.2, -0.15) is 4.31 Å². The lowest BCUT2D eigenvalue weighted by atomic mass is 10.2. The van der Waals surface area contributed by atoms with Gasteiger partial charge in [0.05, 0.1) is 11.8 Å². The van der Waals surface area contributed by atoms with Crippen molar-refractivity contribution in [2.24, 2.45) is 0 Å². The lowest BCUT2D eigenvalue weighted by Gasteiger charge is -2.34. The molecule has 2 aliphatic rings. The Hall–Kier alpha value is -0.990. The molecule has 0 aromatic rings. The van der Waals surface area contributed by atoms with Gasteiger partial charge in [-0.3, -0.25) is 14.9 Å². The van der Waals surface area contributed by atoms with Gasteiger partial charge in [-0.25, -0.2) is 8.42 Å². The van der Waals surface area contributed by atoms with E-state index in [1.165, 1.54) is 6.92 Å². The Labute approximate surface area is 106 Å². The van der Waals surface area contributed by atoms with Gasteiger partial charge >= 0.3 is 0 Å². The molecular weight excluding hydrogens is 260 g/mol. The molecule has 1 unspecified atom stereocenters. The molecule has 2 aliphatic heterocycles. The van der Waals surface area contributed by atoms with E-state index in [4.69, 9.17) is 4.74 Å². The van der Waals surface area contributed by atoms with Crippen molar-refractivity contribution in [2.45, 2.75) is 31.1 Å². The van der Waals surface area contributed by atoms with Crippen LogP contribution in [0, 0.1) is 0 Å². The number of piperazine rings is 1. The van der Waals surface area contributed by atoms with E-state index in [1.807, 2.05) is 0 Å². The van der Waals surface area contributed by atoms with E-state index >= 15 is 0 Å². The van der Waals surface area contributed by atoms with Gasteiger partial charge in [-0.05, 0) is 19.8 Å². The number of nitrogens with one attached hydrogen (secondary N) is 1. The van der Waals surface area contributed by atoms with E-state index in [1.54, 1.807) is 0 Å². The maximum atomic E-state index is 12.4. The molecule has 0 bridgehead atoms. The molecule has 2 heterocycles. The third-order valence-corrected chi connectivity index (χ3v) is 5.70. The molecule has 2 amide bonds. The fourth-order valence-corrected chi connectivity index (χ4v) is 4.17. The molecule has 0 spiro atoms. The van der Waals surface area contributed by atoms with E-state index < -0.39 is 33.1 Å². The summed E-state index contributed by atoms with van der Waals surface area (Å²) in [5.41, 5.74) is 0. The monoisotopic (exact) mass is 276 g/mol. The summed E-state index contributed by atoms with van der Waals surface area (Å²) in [6.07, 6.45) is 0.808. The summed E-state index contributed by atoms with van der Waals surface area (Å²) in [4.78, 5) is 22.8. The number of nitrogens with zero attached hydrogens (tertiary/aromatic N) is 1. The first-order chi connectivity index (χ1) is 8.43. The average Bonchev–Trinajstić information content (AvgIpc) is 2.34. The first-order valence-electron chi connectivity index (χ1n) is 5.85. The number of carbonyl (C=O) groups is 2. The van der Waals surface area contributed by atoms with Crippen LogP contribution in [0.3, 0.4) is 0 Å². The molecule has 0 aromatic heterocycles. The van der Waals surface area contributed by atoms with Gasteiger partial charge in [0.2, 0.25) is 21.8 Å². The first-order valence-corrected chi connectivity index (χ1v) is 7.35. The molecule has 1 atom stereocenters. The minimum absolute atomic E-state index is 0.285. The Morgan fingerprint density at radius 1 is 1.28 bits per heavy atom. The largest absolute Gasteiger partial charge is 0.381 e. The Morgan fingerprint density at radius 2 is 1.89 bits per heavy atom. The molecule has 8 heteroatoms. The van der Waals surface area contributed by atoms with Crippen LogP contribution in [0.15, 0.2) is 0 Å². The number of imide groups is 1. The SMILES string of the molecule is CC1C(=O)NC(=O)CN1S(=O)(=O)C1CCOCC1. The van der Waals surface area contributed by atoms with E-state index in [2.05, 4.69) is 5.32 Å². The van der Waals surface area contributed by atoms with Crippen molar-refractivity contribution < 1.29 is 22.7 Å². The molecule has 18 heavy (non-hydrogen) atoms. The van der Waals surface area contributed by atoms with Gasteiger partial charge in [0.15, 0.2) is 0 Å². The van der Waals surface area contributed by atoms with Crippen LogP contribution in [0.1, 0.15) is 19.8 Å². The van der Waals surface area contributed by atoms with Crippen molar-refractivity contribution in [3.63, 3.8) is 0 Å². The predicted octanol–water partition coefficient (Wildman–Crippen LogP) is -1.16. The second kappa shape index (κ2) is 4.94. The second-order valence-electron chi connectivity index (χ2n) is 4.49. The Kier molecular flexibility index (Phi) is 3.69. The first kappa shape index (κ1) is 13.4. The van der Waals surface area contributed by atoms with Crippen LogP contribution >= 0.6 is 0 Å². The molecule has 0 radical (unpaired) electrons. The molecule has 0 aromatic carbocycles. The summed E-state index contributed by atoms with van der Waals surface area (Å²) in [5, 5.41) is 1.56. The predicted molar refractivity (Wildman–Crippen MR) is 62.1 cm³/mol. The normalized spacial score (nSPS) is 28.2. The second-order valence-corrected chi connectivity index (χ2v) is 6.66.